The molecule has 0 aliphatic carbocycles. The molecular formula is C15H11BrN2OS. The highest BCUT2D eigenvalue weighted by Crippen LogP contribution is 2.41. The molecule has 0 atom stereocenters. The zero-order valence-corrected chi connectivity index (χ0v) is 12.9. The lowest BCUT2D eigenvalue weighted by molar-refractivity contribution is 0.618. The van der Waals surface area contributed by atoms with Crippen LogP contribution in [-0.2, 0) is 6.42 Å². The molecule has 20 heavy (non-hydrogen) atoms. The van der Waals surface area contributed by atoms with Crippen molar-refractivity contribution in [3.05, 3.63) is 40.4 Å². The fourth-order valence-electron chi connectivity index (χ4n) is 2.50. The summed E-state index contributed by atoms with van der Waals surface area (Å²) in [5.41, 5.74) is 8.86. The summed E-state index contributed by atoms with van der Waals surface area (Å²) >= 11 is 5.27. The van der Waals surface area contributed by atoms with Crippen molar-refractivity contribution in [1.82, 2.24) is 4.98 Å². The SMILES string of the molecule is Nc1nc2oc(-c3ccc(Br)cc3)cc2c2c1CCS2. The first-order valence-corrected chi connectivity index (χ1v) is 8.11. The van der Waals surface area contributed by atoms with Crippen LogP contribution >= 0.6 is 27.7 Å². The molecule has 4 rings (SSSR count). The summed E-state index contributed by atoms with van der Waals surface area (Å²) in [4.78, 5) is 5.64. The van der Waals surface area contributed by atoms with Crippen molar-refractivity contribution in [2.24, 2.45) is 0 Å². The first-order chi connectivity index (χ1) is 9.72. The number of nitrogens with zero attached hydrogens (tertiary/aromatic N) is 1. The average molecular weight is 347 g/mol. The minimum Gasteiger partial charge on any atom is -0.438 e. The lowest BCUT2D eigenvalue weighted by Crippen LogP contribution is -1.96. The summed E-state index contributed by atoms with van der Waals surface area (Å²) in [6, 6.07) is 10.1. The van der Waals surface area contributed by atoms with E-state index in [0.717, 1.165) is 33.4 Å². The van der Waals surface area contributed by atoms with Crippen molar-refractivity contribution in [2.75, 3.05) is 11.5 Å². The number of rotatable bonds is 1. The molecule has 3 heterocycles. The Bertz CT molecular complexity index is 811. The predicted molar refractivity (Wildman–Crippen MR) is 86.0 cm³/mol. The van der Waals surface area contributed by atoms with E-state index in [4.69, 9.17) is 10.2 Å². The molecule has 1 aliphatic heterocycles. The van der Waals surface area contributed by atoms with E-state index >= 15 is 0 Å². The monoisotopic (exact) mass is 346 g/mol. The van der Waals surface area contributed by atoms with E-state index in [0.29, 0.717) is 11.5 Å². The van der Waals surface area contributed by atoms with Crippen molar-refractivity contribution < 1.29 is 4.42 Å². The maximum absolute atomic E-state index is 6.02. The summed E-state index contributed by atoms with van der Waals surface area (Å²) in [5.74, 6) is 2.51. The van der Waals surface area contributed by atoms with Crippen LogP contribution in [0.4, 0.5) is 5.82 Å². The summed E-state index contributed by atoms with van der Waals surface area (Å²) in [5, 5.41) is 1.08. The number of anilines is 1. The van der Waals surface area contributed by atoms with E-state index in [1.807, 2.05) is 36.0 Å². The highest BCUT2D eigenvalue weighted by atomic mass is 79.9. The van der Waals surface area contributed by atoms with Gasteiger partial charge in [-0.1, -0.05) is 28.1 Å². The first-order valence-electron chi connectivity index (χ1n) is 6.33. The van der Waals surface area contributed by atoms with Crippen LogP contribution < -0.4 is 5.73 Å². The van der Waals surface area contributed by atoms with E-state index in [-0.39, 0.29) is 0 Å². The topological polar surface area (TPSA) is 52.0 Å². The number of aromatic nitrogens is 1. The lowest BCUT2D eigenvalue weighted by Gasteiger charge is -2.01. The van der Waals surface area contributed by atoms with E-state index < -0.39 is 0 Å². The second-order valence-corrected chi connectivity index (χ2v) is 6.76. The number of nitrogens with two attached hydrogens (primary N) is 1. The van der Waals surface area contributed by atoms with Crippen molar-refractivity contribution in [2.45, 2.75) is 11.3 Å². The Morgan fingerprint density at radius 2 is 2.05 bits per heavy atom. The van der Waals surface area contributed by atoms with Crippen LogP contribution in [0.1, 0.15) is 5.56 Å². The average Bonchev–Trinajstić information content (AvgIpc) is 3.05. The highest BCUT2D eigenvalue weighted by molar-refractivity contribution is 9.10. The summed E-state index contributed by atoms with van der Waals surface area (Å²) in [6.45, 7) is 0. The molecule has 0 bridgehead atoms. The van der Waals surface area contributed by atoms with E-state index in [9.17, 15) is 0 Å². The van der Waals surface area contributed by atoms with Gasteiger partial charge in [0.15, 0.2) is 0 Å². The maximum atomic E-state index is 6.02. The van der Waals surface area contributed by atoms with E-state index in [2.05, 4.69) is 27.0 Å². The Hall–Kier alpha value is -1.46. The molecule has 0 saturated heterocycles. The Kier molecular flexibility index (Phi) is 2.79. The molecule has 3 nitrogen and oxygen atoms in total. The van der Waals surface area contributed by atoms with Gasteiger partial charge in [-0.25, -0.2) is 0 Å². The van der Waals surface area contributed by atoms with Gasteiger partial charge in [-0.15, -0.1) is 11.8 Å². The minimum absolute atomic E-state index is 0.606. The van der Waals surface area contributed by atoms with Gasteiger partial charge < -0.3 is 10.2 Å². The Morgan fingerprint density at radius 3 is 2.85 bits per heavy atom. The lowest BCUT2D eigenvalue weighted by atomic mass is 10.1. The van der Waals surface area contributed by atoms with Crippen LogP contribution in [0.15, 0.2) is 44.1 Å². The zero-order chi connectivity index (χ0) is 13.7. The molecule has 0 fully saturated rings. The van der Waals surface area contributed by atoms with Crippen LogP contribution in [0.25, 0.3) is 22.4 Å². The maximum Gasteiger partial charge on any atom is 0.229 e. The van der Waals surface area contributed by atoms with Gasteiger partial charge in [0.25, 0.3) is 0 Å². The second-order valence-electron chi connectivity index (χ2n) is 4.74. The number of fused-ring (bicyclic) bond motifs is 3. The van der Waals surface area contributed by atoms with Gasteiger partial charge in [0, 0.05) is 26.2 Å². The quantitative estimate of drug-likeness (QED) is 0.705. The molecule has 0 spiro atoms. The van der Waals surface area contributed by atoms with Gasteiger partial charge in [0.2, 0.25) is 5.71 Å². The number of halogens is 1. The van der Waals surface area contributed by atoms with Crippen molar-refractivity contribution >= 4 is 44.6 Å². The van der Waals surface area contributed by atoms with Crippen LogP contribution in [0, 0.1) is 0 Å². The van der Waals surface area contributed by atoms with Crippen LogP contribution in [0.2, 0.25) is 0 Å². The van der Waals surface area contributed by atoms with Gasteiger partial charge in [-0.2, -0.15) is 4.98 Å². The molecule has 0 radical (unpaired) electrons. The fourth-order valence-corrected chi connectivity index (χ4v) is 3.96. The van der Waals surface area contributed by atoms with Gasteiger partial charge in [-0.3, -0.25) is 0 Å². The zero-order valence-electron chi connectivity index (χ0n) is 10.5. The highest BCUT2D eigenvalue weighted by Gasteiger charge is 2.22. The van der Waals surface area contributed by atoms with Gasteiger partial charge >= 0.3 is 0 Å². The second kappa shape index (κ2) is 4.53. The smallest absolute Gasteiger partial charge is 0.229 e. The Balaban J connectivity index is 1.93. The number of thioether (sulfide) groups is 1. The third-order valence-electron chi connectivity index (χ3n) is 3.49. The molecule has 0 unspecified atom stereocenters. The Morgan fingerprint density at radius 1 is 1.25 bits per heavy atom. The number of furan rings is 1. The molecule has 0 amide bonds. The van der Waals surface area contributed by atoms with Gasteiger partial charge in [0.05, 0.1) is 5.39 Å². The number of nitrogen functional groups attached to an aromatic ring is 1. The molecule has 2 aromatic heterocycles. The van der Waals surface area contributed by atoms with Crippen LogP contribution in [0.3, 0.4) is 0 Å². The van der Waals surface area contributed by atoms with E-state index in [1.54, 1.807) is 0 Å². The third-order valence-corrected chi connectivity index (χ3v) is 5.18. The van der Waals surface area contributed by atoms with Crippen LogP contribution in [-0.4, -0.2) is 10.7 Å². The molecule has 0 saturated carbocycles. The van der Waals surface area contributed by atoms with Gasteiger partial charge in [0.1, 0.15) is 11.6 Å². The largest absolute Gasteiger partial charge is 0.438 e. The standard InChI is InChI=1S/C15H11BrN2OS/c16-9-3-1-8(2-4-9)12-7-11-13-10(5-6-20-13)14(17)18-15(11)19-12/h1-4,7H,5-6H2,(H2,17,18). The number of pyridine rings is 1. The molecular weight excluding hydrogens is 336 g/mol. The van der Waals surface area contributed by atoms with Crippen molar-refractivity contribution in [1.29, 1.82) is 0 Å². The number of hydrogen-bond donors (Lipinski definition) is 1. The minimum atomic E-state index is 0.606. The number of benzene rings is 1. The normalized spacial score (nSPS) is 13.8. The molecule has 2 N–H and O–H groups in total. The summed E-state index contributed by atoms with van der Waals surface area (Å²) in [6.07, 6.45) is 0.994. The summed E-state index contributed by atoms with van der Waals surface area (Å²) in [7, 11) is 0. The Labute approximate surface area is 128 Å². The number of hydrogen-bond acceptors (Lipinski definition) is 4. The third kappa shape index (κ3) is 1.84. The fraction of sp³-hybridized carbons (Fsp3) is 0.133. The van der Waals surface area contributed by atoms with Crippen molar-refractivity contribution in [3.63, 3.8) is 0 Å². The van der Waals surface area contributed by atoms with Crippen molar-refractivity contribution in [3.8, 4) is 11.3 Å². The van der Waals surface area contributed by atoms with Gasteiger partial charge in [-0.05, 0) is 24.6 Å². The van der Waals surface area contributed by atoms with E-state index in [1.165, 1.54) is 10.5 Å². The molecule has 100 valence electrons. The molecule has 5 heteroatoms. The van der Waals surface area contributed by atoms with Crippen LogP contribution in [0.5, 0.6) is 0 Å². The summed E-state index contributed by atoms with van der Waals surface area (Å²) < 4.78 is 6.93. The molecule has 1 aromatic carbocycles. The molecule has 3 aromatic rings. The molecule has 1 aliphatic rings. The predicted octanol–water partition coefficient (Wildman–Crippen LogP) is 4.49. The first kappa shape index (κ1) is 12.3.